The van der Waals surface area contributed by atoms with Crippen molar-refractivity contribution in [2.75, 3.05) is 33.2 Å². The third-order valence-corrected chi connectivity index (χ3v) is 5.89. The van der Waals surface area contributed by atoms with Crippen molar-refractivity contribution in [3.8, 4) is 17.4 Å². The first-order valence-electron chi connectivity index (χ1n) is 11.2. The standard InChI is InChI=1S/C27H28N4O4/c1-29-16-22(17-7-9-23-18(13-17)11-12-35-23)25(28)27(32)26(19-8-10-24(34-3)30-15-19)31-20-5-4-6-21(14-20)33-2/h4-10,13-16,22,26,28,31H,11-12H2,1-3H3. The number of pyridine rings is 1. The average molecular weight is 473 g/mol. The fraction of sp³-hybridized carbons (Fsp3) is 0.259. The number of benzene rings is 2. The van der Waals surface area contributed by atoms with Gasteiger partial charge >= 0.3 is 0 Å². The second-order valence-electron chi connectivity index (χ2n) is 8.07. The van der Waals surface area contributed by atoms with Crippen molar-refractivity contribution in [2.24, 2.45) is 4.99 Å². The van der Waals surface area contributed by atoms with Crippen LogP contribution in [-0.4, -0.2) is 50.6 Å². The zero-order valence-electron chi connectivity index (χ0n) is 19.9. The molecule has 35 heavy (non-hydrogen) atoms. The summed E-state index contributed by atoms with van der Waals surface area (Å²) in [6.45, 7) is 0.638. The normalized spacial score (nSPS) is 14.0. The number of anilines is 1. The highest BCUT2D eigenvalue weighted by Crippen LogP contribution is 2.31. The number of ketones is 1. The Bertz CT molecular complexity index is 1240. The number of aromatic nitrogens is 1. The minimum atomic E-state index is -0.849. The molecule has 180 valence electrons. The zero-order valence-corrected chi connectivity index (χ0v) is 19.9. The third kappa shape index (κ3) is 5.32. The number of rotatable bonds is 10. The van der Waals surface area contributed by atoms with Gasteiger partial charge < -0.3 is 24.9 Å². The van der Waals surface area contributed by atoms with Gasteiger partial charge in [0.05, 0.1) is 32.5 Å². The van der Waals surface area contributed by atoms with Crippen molar-refractivity contribution in [3.63, 3.8) is 0 Å². The quantitative estimate of drug-likeness (QED) is 0.427. The maximum absolute atomic E-state index is 13.8. The molecule has 0 spiro atoms. The minimum absolute atomic E-state index is 0.0781. The van der Waals surface area contributed by atoms with Crippen molar-refractivity contribution >= 4 is 23.4 Å². The number of fused-ring (bicyclic) bond motifs is 1. The van der Waals surface area contributed by atoms with Crippen LogP contribution in [0.5, 0.6) is 17.4 Å². The number of ether oxygens (including phenoxy) is 3. The molecule has 4 rings (SSSR count). The molecule has 1 aromatic heterocycles. The van der Waals surface area contributed by atoms with Gasteiger partial charge in [0, 0.05) is 49.3 Å². The van der Waals surface area contributed by atoms with E-state index in [1.54, 1.807) is 44.8 Å². The molecule has 2 N–H and O–H groups in total. The summed E-state index contributed by atoms with van der Waals surface area (Å²) in [5, 5.41) is 12.2. The summed E-state index contributed by atoms with van der Waals surface area (Å²) < 4.78 is 16.1. The van der Waals surface area contributed by atoms with Crippen molar-refractivity contribution in [2.45, 2.75) is 18.4 Å². The highest BCUT2D eigenvalue weighted by Gasteiger charge is 2.30. The maximum atomic E-state index is 13.8. The number of nitrogens with zero attached hydrogens (tertiary/aromatic N) is 2. The lowest BCUT2D eigenvalue weighted by atomic mass is 9.87. The van der Waals surface area contributed by atoms with E-state index in [0.29, 0.717) is 29.5 Å². The molecule has 2 heterocycles. The lowest BCUT2D eigenvalue weighted by molar-refractivity contribution is -0.113. The van der Waals surface area contributed by atoms with E-state index in [1.165, 1.54) is 7.11 Å². The number of Topliss-reactive ketones (excluding diaryl/α,β-unsaturated/α-hetero) is 1. The first-order chi connectivity index (χ1) is 17.0. The third-order valence-electron chi connectivity index (χ3n) is 5.89. The highest BCUT2D eigenvalue weighted by molar-refractivity contribution is 6.45. The van der Waals surface area contributed by atoms with Crippen molar-refractivity contribution in [3.05, 3.63) is 77.5 Å². The number of aliphatic imine (C=N–C) groups is 1. The van der Waals surface area contributed by atoms with Crippen LogP contribution in [0.3, 0.4) is 0 Å². The molecule has 0 amide bonds. The molecule has 8 heteroatoms. The van der Waals surface area contributed by atoms with Crippen LogP contribution in [-0.2, 0) is 11.2 Å². The molecule has 8 nitrogen and oxygen atoms in total. The number of methoxy groups -OCH3 is 2. The van der Waals surface area contributed by atoms with Crippen molar-refractivity contribution in [1.82, 2.24) is 4.98 Å². The summed E-state index contributed by atoms with van der Waals surface area (Å²) in [5.74, 6) is 0.953. The van der Waals surface area contributed by atoms with Gasteiger partial charge in [-0.1, -0.05) is 18.2 Å². The second kappa shape index (κ2) is 10.8. The number of nitrogens with one attached hydrogen (secondary N) is 2. The van der Waals surface area contributed by atoms with Gasteiger partial charge in [0.15, 0.2) is 0 Å². The molecule has 0 radical (unpaired) electrons. The van der Waals surface area contributed by atoms with E-state index in [0.717, 1.165) is 23.3 Å². The minimum Gasteiger partial charge on any atom is -0.497 e. The Morgan fingerprint density at radius 1 is 1.14 bits per heavy atom. The lowest BCUT2D eigenvalue weighted by Crippen LogP contribution is -2.32. The first-order valence-corrected chi connectivity index (χ1v) is 11.2. The summed E-state index contributed by atoms with van der Waals surface area (Å²) in [4.78, 5) is 22.2. The molecule has 0 fully saturated rings. The Balaban J connectivity index is 1.68. The van der Waals surface area contributed by atoms with Gasteiger partial charge in [-0.15, -0.1) is 0 Å². The van der Waals surface area contributed by atoms with E-state index in [-0.39, 0.29) is 11.5 Å². The number of hydrogen-bond acceptors (Lipinski definition) is 8. The van der Waals surface area contributed by atoms with Crippen molar-refractivity contribution in [1.29, 1.82) is 5.41 Å². The number of hydrogen-bond donors (Lipinski definition) is 2. The van der Waals surface area contributed by atoms with Crippen molar-refractivity contribution < 1.29 is 19.0 Å². The van der Waals surface area contributed by atoms with E-state index in [4.69, 9.17) is 19.6 Å². The van der Waals surface area contributed by atoms with Crippen LogP contribution in [0.2, 0.25) is 0 Å². The van der Waals surface area contributed by atoms with Crippen LogP contribution in [0.1, 0.15) is 28.7 Å². The zero-order chi connectivity index (χ0) is 24.8. The number of carbonyl (C=O) groups excluding carboxylic acids is 1. The number of carbonyl (C=O) groups is 1. The first kappa shape index (κ1) is 23.9. The predicted molar refractivity (Wildman–Crippen MR) is 136 cm³/mol. The summed E-state index contributed by atoms with van der Waals surface area (Å²) in [6.07, 6.45) is 4.02. The molecule has 3 aromatic rings. The van der Waals surface area contributed by atoms with Gasteiger partial charge in [-0.2, -0.15) is 0 Å². The Morgan fingerprint density at radius 2 is 1.97 bits per heavy atom. The highest BCUT2D eigenvalue weighted by atomic mass is 16.5. The Hall–Kier alpha value is -4.20. The van der Waals surface area contributed by atoms with E-state index in [9.17, 15) is 4.79 Å². The van der Waals surface area contributed by atoms with E-state index < -0.39 is 12.0 Å². The van der Waals surface area contributed by atoms with E-state index in [1.807, 2.05) is 36.4 Å². The summed E-state index contributed by atoms with van der Waals surface area (Å²) >= 11 is 0. The largest absolute Gasteiger partial charge is 0.497 e. The Kier molecular flexibility index (Phi) is 7.40. The van der Waals surface area contributed by atoms with E-state index in [2.05, 4.69) is 15.3 Å². The van der Waals surface area contributed by atoms with Gasteiger partial charge in [-0.05, 0) is 35.4 Å². The Labute approximate surface area is 204 Å². The SMILES string of the molecule is CN=CC(C(=N)C(=O)C(Nc1cccc(OC)c1)c1ccc(OC)nc1)c1ccc2c(c1)CCO2. The smallest absolute Gasteiger partial charge is 0.212 e. The topological polar surface area (TPSA) is 106 Å². The second-order valence-corrected chi connectivity index (χ2v) is 8.07. The van der Waals surface area contributed by atoms with Crippen LogP contribution in [0.15, 0.2) is 65.8 Å². The van der Waals surface area contributed by atoms with Gasteiger partial charge in [0.25, 0.3) is 0 Å². The fourth-order valence-corrected chi connectivity index (χ4v) is 4.05. The molecule has 1 aliphatic rings. The van der Waals surface area contributed by atoms with Crippen LogP contribution in [0, 0.1) is 5.41 Å². The predicted octanol–water partition coefficient (Wildman–Crippen LogP) is 4.26. The molecule has 0 saturated heterocycles. The van der Waals surface area contributed by atoms with Gasteiger partial charge in [-0.25, -0.2) is 4.98 Å². The van der Waals surface area contributed by atoms with Gasteiger partial charge in [0.2, 0.25) is 11.7 Å². The lowest BCUT2D eigenvalue weighted by Gasteiger charge is -2.22. The Morgan fingerprint density at radius 3 is 2.69 bits per heavy atom. The summed E-state index contributed by atoms with van der Waals surface area (Å²) in [7, 11) is 4.76. The monoisotopic (exact) mass is 472 g/mol. The molecule has 1 aliphatic heterocycles. The van der Waals surface area contributed by atoms with Gasteiger partial charge in [0.1, 0.15) is 17.5 Å². The van der Waals surface area contributed by atoms with Gasteiger partial charge in [-0.3, -0.25) is 9.79 Å². The maximum Gasteiger partial charge on any atom is 0.212 e. The average Bonchev–Trinajstić information content (AvgIpc) is 3.38. The molecular weight excluding hydrogens is 444 g/mol. The molecular formula is C27H28N4O4. The molecule has 2 atom stereocenters. The van der Waals surface area contributed by atoms with Crippen LogP contribution >= 0.6 is 0 Å². The fourth-order valence-electron chi connectivity index (χ4n) is 4.05. The van der Waals surface area contributed by atoms with Crippen LogP contribution in [0.4, 0.5) is 5.69 Å². The molecule has 0 saturated carbocycles. The van der Waals surface area contributed by atoms with E-state index >= 15 is 0 Å². The molecule has 0 aliphatic carbocycles. The summed E-state index contributed by atoms with van der Waals surface area (Å²) in [5.41, 5.74) is 3.11. The summed E-state index contributed by atoms with van der Waals surface area (Å²) in [6, 6.07) is 15.7. The van der Waals surface area contributed by atoms with Crippen LogP contribution in [0.25, 0.3) is 0 Å². The molecule has 2 unspecified atom stereocenters. The molecule has 0 bridgehead atoms. The molecule has 2 aromatic carbocycles. The van der Waals surface area contributed by atoms with Crippen LogP contribution < -0.4 is 19.5 Å².